The third kappa shape index (κ3) is 3.38. The smallest absolute Gasteiger partial charge is 0.246 e. The molecule has 1 heterocycles. The van der Waals surface area contributed by atoms with E-state index in [1.165, 1.54) is 12.8 Å². The minimum Gasteiger partial charge on any atom is -0.343 e. The first-order valence-corrected chi connectivity index (χ1v) is 9.43. The minimum atomic E-state index is -0.307. The molecular weight excluding hydrogens is 284 g/mol. The van der Waals surface area contributed by atoms with Crippen molar-refractivity contribution in [1.29, 1.82) is 0 Å². The molecule has 0 bridgehead atoms. The molecule has 0 aromatic rings. The molecule has 4 unspecified atom stereocenters. The molecule has 4 nitrogen and oxygen atoms in total. The lowest BCUT2D eigenvalue weighted by molar-refractivity contribution is -0.152. The largest absolute Gasteiger partial charge is 0.343 e. The molecule has 0 radical (unpaired) electrons. The molecule has 21 heavy (non-hydrogen) atoms. The Morgan fingerprint density at radius 3 is 2.62 bits per heavy atom. The normalized spacial score (nSPS) is 33.4. The summed E-state index contributed by atoms with van der Waals surface area (Å²) in [7, 11) is 0. The average Bonchev–Trinajstić information content (AvgIpc) is 2.90. The van der Waals surface area contributed by atoms with E-state index in [0.29, 0.717) is 11.7 Å². The van der Waals surface area contributed by atoms with Crippen molar-refractivity contribution in [2.45, 2.75) is 82.7 Å². The van der Waals surface area contributed by atoms with E-state index >= 15 is 0 Å². The van der Waals surface area contributed by atoms with Crippen LogP contribution in [0.2, 0.25) is 0 Å². The fraction of sp³-hybridized carbons (Fsp3) is 0.875. The number of nitrogens with zero attached hydrogens (tertiary/aromatic N) is 1. The Morgan fingerprint density at radius 1 is 1.24 bits per heavy atom. The van der Waals surface area contributed by atoms with E-state index in [1.54, 1.807) is 0 Å². The van der Waals surface area contributed by atoms with Gasteiger partial charge in [-0.25, -0.2) is 0 Å². The lowest BCUT2D eigenvalue weighted by atomic mass is 9.98. The molecule has 2 aliphatic rings. The van der Waals surface area contributed by atoms with Crippen molar-refractivity contribution in [3.8, 4) is 0 Å². The van der Waals surface area contributed by atoms with Gasteiger partial charge in [0.1, 0.15) is 12.1 Å². The molecule has 5 heteroatoms. The molecule has 2 amide bonds. The quantitative estimate of drug-likeness (QED) is 0.820. The van der Waals surface area contributed by atoms with Crippen molar-refractivity contribution >= 4 is 23.6 Å². The predicted molar refractivity (Wildman–Crippen MR) is 87.3 cm³/mol. The van der Waals surface area contributed by atoms with Gasteiger partial charge in [-0.3, -0.25) is 9.59 Å². The molecule has 0 spiro atoms. The molecule has 2 fully saturated rings. The summed E-state index contributed by atoms with van der Waals surface area (Å²) in [5, 5.41) is 3.43. The Labute approximate surface area is 132 Å². The average molecular weight is 312 g/mol. The number of rotatable bonds is 6. The standard InChI is InChI=1S/C16H28N2O2S/c1-4-8-11-16(20)18(12(5-2)15(19)17-11)13-9-7-10-14(13)21-6-3/h11-14H,4-10H2,1-3H3,(H,17,19). The number of carbonyl (C=O) groups is 2. The first-order valence-electron chi connectivity index (χ1n) is 8.38. The van der Waals surface area contributed by atoms with Crippen LogP contribution in [-0.2, 0) is 9.59 Å². The molecule has 2 rings (SSSR count). The number of amides is 2. The van der Waals surface area contributed by atoms with Gasteiger partial charge in [0.15, 0.2) is 0 Å². The fourth-order valence-corrected chi connectivity index (χ4v) is 4.93. The van der Waals surface area contributed by atoms with E-state index in [2.05, 4.69) is 19.2 Å². The number of carbonyl (C=O) groups excluding carboxylic acids is 2. The van der Waals surface area contributed by atoms with Gasteiger partial charge >= 0.3 is 0 Å². The van der Waals surface area contributed by atoms with Crippen LogP contribution in [-0.4, -0.2) is 45.8 Å². The van der Waals surface area contributed by atoms with E-state index in [1.807, 2.05) is 23.6 Å². The van der Waals surface area contributed by atoms with Gasteiger partial charge in [0.25, 0.3) is 0 Å². The van der Waals surface area contributed by atoms with E-state index in [9.17, 15) is 9.59 Å². The topological polar surface area (TPSA) is 49.4 Å². The summed E-state index contributed by atoms with van der Waals surface area (Å²) in [6, 6.07) is -0.329. The van der Waals surface area contributed by atoms with Crippen molar-refractivity contribution in [3.05, 3.63) is 0 Å². The van der Waals surface area contributed by atoms with Crippen LogP contribution in [0.15, 0.2) is 0 Å². The van der Waals surface area contributed by atoms with Crippen molar-refractivity contribution < 1.29 is 9.59 Å². The lowest BCUT2D eigenvalue weighted by Crippen LogP contribution is -2.66. The van der Waals surface area contributed by atoms with Crippen LogP contribution in [0.4, 0.5) is 0 Å². The fourth-order valence-electron chi connectivity index (χ4n) is 3.68. The zero-order valence-electron chi connectivity index (χ0n) is 13.4. The summed E-state index contributed by atoms with van der Waals surface area (Å²) >= 11 is 1.95. The van der Waals surface area contributed by atoms with Gasteiger partial charge in [-0.1, -0.05) is 33.6 Å². The van der Waals surface area contributed by atoms with Crippen molar-refractivity contribution in [1.82, 2.24) is 10.2 Å². The maximum atomic E-state index is 12.9. The molecular formula is C16H28N2O2S. The first kappa shape index (κ1) is 16.7. The number of piperazine rings is 1. The van der Waals surface area contributed by atoms with Crippen LogP contribution in [0.25, 0.3) is 0 Å². The van der Waals surface area contributed by atoms with Gasteiger partial charge in [-0.05, 0) is 31.4 Å². The number of thioether (sulfide) groups is 1. The molecule has 4 atom stereocenters. The highest BCUT2D eigenvalue weighted by Gasteiger charge is 2.45. The van der Waals surface area contributed by atoms with Crippen LogP contribution in [0.3, 0.4) is 0 Å². The van der Waals surface area contributed by atoms with Gasteiger partial charge in [0, 0.05) is 11.3 Å². The third-order valence-corrected chi connectivity index (χ3v) is 5.94. The van der Waals surface area contributed by atoms with Crippen LogP contribution >= 0.6 is 11.8 Å². The summed E-state index contributed by atoms with van der Waals surface area (Å²) in [4.78, 5) is 27.2. The van der Waals surface area contributed by atoms with Crippen molar-refractivity contribution in [2.75, 3.05) is 5.75 Å². The Bertz CT molecular complexity index is 388. The van der Waals surface area contributed by atoms with Crippen molar-refractivity contribution in [3.63, 3.8) is 0 Å². The Balaban J connectivity index is 2.22. The van der Waals surface area contributed by atoms with Crippen LogP contribution in [0.1, 0.15) is 59.3 Å². The first-order chi connectivity index (χ1) is 10.1. The number of nitrogens with one attached hydrogen (secondary N) is 1. The molecule has 120 valence electrons. The summed E-state index contributed by atoms with van der Waals surface area (Å²) < 4.78 is 0. The van der Waals surface area contributed by atoms with Gasteiger partial charge < -0.3 is 10.2 Å². The molecule has 1 aliphatic carbocycles. The maximum Gasteiger partial charge on any atom is 0.246 e. The molecule has 1 saturated carbocycles. The highest BCUT2D eigenvalue weighted by molar-refractivity contribution is 7.99. The van der Waals surface area contributed by atoms with Gasteiger partial charge in [0.2, 0.25) is 11.8 Å². The second-order valence-corrected chi connectivity index (χ2v) is 7.53. The predicted octanol–water partition coefficient (Wildman–Crippen LogP) is 2.57. The Kier molecular flexibility index (Phi) is 5.97. The molecule has 1 saturated heterocycles. The van der Waals surface area contributed by atoms with Gasteiger partial charge in [0.05, 0.1) is 0 Å². The number of hydrogen-bond acceptors (Lipinski definition) is 3. The van der Waals surface area contributed by atoms with E-state index in [0.717, 1.165) is 25.0 Å². The SMILES string of the molecule is CCCC1NC(=O)C(CC)N(C2CCCC2SCC)C1=O. The summed E-state index contributed by atoms with van der Waals surface area (Å²) in [5.41, 5.74) is 0. The summed E-state index contributed by atoms with van der Waals surface area (Å²) in [6.07, 6.45) is 5.75. The molecule has 1 N–H and O–H groups in total. The van der Waals surface area contributed by atoms with Crippen LogP contribution in [0, 0.1) is 0 Å². The number of hydrogen-bond donors (Lipinski definition) is 1. The highest BCUT2D eigenvalue weighted by atomic mass is 32.2. The molecule has 0 aromatic heterocycles. The minimum absolute atomic E-state index is 0.0442. The monoisotopic (exact) mass is 312 g/mol. The lowest BCUT2D eigenvalue weighted by Gasteiger charge is -2.43. The highest BCUT2D eigenvalue weighted by Crippen LogP contribution is 2.36. The summed E-state index contributed by atoms with van der Waals surface area (Å²) in [5.74, 6) is 1.27. The molecule has 0 aromatic carbocycles. The molecule has 1 aliphatic heterocycles. The van der Waals surface area contributed by atoms with E-state index in [4.69, 9.17) is 0 Å². The van der Waals surface area contributed by atoms with Crippen LogP contribution < -0.4 is 5.32 Å². The van der Waals surface area contributed by atoms with E-state index in [-0.39, 0.29) is 29.9 Å². The third-order valence-electron chi connectivity index (χ3n) is 4.63. The maximum absolute atomic E-state index is 12.9. The van der Waals surface area contributed by atoms with Crippen molar-refractivity contribution in [2.24, 2.45) is 0 Å². The zero-order valence-corrected chi connectivity index (χ0v) is 14.2. The van der Waals surface area contributed by atoms with Gasteiger partial charge in [-0.15, -0.1) is 0 Å². The Morgan fingerprint density at radius 2 is 2.00 bits per heavy atom. The van der Waals surface area contributed by atoms with Crippen LogP contribution in [0.5, 0.6) is 0 Å². The zero-order chi connectivity index (χ0) is 15.4. The van der Waals surface area contributed by atoms with E-state index < -0.39 is 0 Å². The second kappa shape index (κ2) is 7.52. The summed E-state index contributed by atoms with van der Waals surface area (Å²) in [6.45, 7) is 6.23. The Hall–Kier alpha value is -0.710. The second-order valence-electron chi connectivity index (χ2n) is 6.01. The van der Waals surface area contributed by atoms with Gasteiger partial charge in [-0.2, -0.15) is 11.8 Å².